The van der Waals surface area contributed by atoms with Gasteiger partial charge in [0.15, 0.2) is 0 Å². The molecule has 0 aliphatic carbocycles. The fraction of sp³-hybridized carbons (Fsp3) is 0.190. The van der Waals surface area contributed by atoms with Crippen LogP contribution < -0.4 is 15.5 Å². The van der Waals surface area contributed by atoms with Crippen LogP contribution in [0.4, 0.5) is 11.4 Å². The molecule has 1 amide bonds. The summed E-state index contributed by atoms with van der Waals surface area (Å²) in [5.41, 5.74) is 2.60. The summed E-state index contributed by atoms with van der Waals surface area (Å²) in [6.07, 6.45) is 10.9. The molecule has 1 atom stereocenters. The first-order valence-corrected chi connectivity index (χ1v) is 8.00. The van der Waals surface area contributed by atoms with Crippen molar-refractivity contribution in [3.8, 4) is 24.7 Å². The van der Waals surface area contributed by atoms with Crippen molar-refractivity contribution in [1.29, 1.82) is 0 Å². The average molecular weight is 329 g/mol. The lowest BCUT2D eigenvalue weighted by molar-refractivity contribution is 0.0889. The van der Waals surface area contributed by atoms with Crippen molar-refractivity contribution in [1.82, 2.24) is 5.32 Å². The Morgan fingerprint density at radius 2 is 1.84 bits per heavy atom. The second-order valence-electron chi connectivity index (χ2n) is 5.97. The number of hydrogen-bond acceptors (Lipinski definition) is 3. The van der Waals surface area contributed by atoms with Crippen LogP contribution >= 0.6 is 0 Å². The normalized spacial score (nSPS) is 18.5. The molecule has 2 aromatic carbocycles. The molecule has 0 fully saturated rings. The Hall–Kier alpha value is -3.37. The van der Waals surface area contributed by atoms with Gasteiger partial charge in [0.2, 0.25) is 0 Å². The van der Waals surface area contributed by atoms with E-state index >= 15 is 0 Å². The molecule has 1 unspecified atom stereocenters. The van der Waals surface area contributed by atoms with E-state index in [1.807, 2.05) is 54.3 Å². The van der Waals surface area contributed by atoms with Crippen LogP contribution in [-0.4, -0.2) is 19.0 Å². The third kappa shape index (κ3) is 2.91. The van der Waals surface area contributed by atoms with Crippen LogP contribution in [0.1, 0.15) is 22.8 Å². The predicted molar refractivity (Wildman–Crippen MR) is 101 cm³/mol. The van der Waals surface area contributed by atoms with Crippen molar-refractivity contribution < 1.29 is 4.79 Å². The summed E-state index contributed by atoms with van der Waals surface area (Å²) >= 11 is 0. The Bertz CT molecular complexity index is 873. The highest BCUT2D eigenvalue weighted by Gasteiger charge is 2.41. The van der Waals surface area contributed by atoms with E-state index < -0.39 is 5.66 Å². The summed E-state index contributed by atoms with van der Waals surface area (Å²) in [5.74, 6) is 5.13. The number of nitrogens with one attached hydrogen (secondary N) is 2. The zero-order valence-corrected chi connectivity index (χ0v) is 14.0. The maximum absolute atomic E-state index is 12.6. The van der Waals surface area contributed by atoms with E-state index in [1.165, 1.54) is 0 Å². The average Bonchev–Trinajstić information content (AvgIpc) is 2.64. The lowest BCUT2D eigenvalue weighted by Crippen LogP contribution is -2.60. The standard InChI is InChI=1S/C21H19N3O/c1-4-14-22-17-12-10-16(11-13-17)21(3)23-20(25)18-8-6-7-9-19(18)24(21)15-5-2/h1-2,6-13,22H,14-15H2,3H3,(H,23,25). The molecule has 25 heavy (non-hydrogen) atoms. The molecule has 4 heteroatoms. The molecule has 124 valence electrons. The van der Waals surface area contributed by atoms with Crippen molar-refractivity contribution in [2.24, 2.45) is 0 Å². The third-order valence-corrected chi connectivity index (χ3v) is 4.43. The van der Waals surface area contributed by atoms with Crippen molar-refractivity contribution >= 4 is 17.3 Å². The van der Waals surface area contributed by atoms with Crippen LogP contribution in [0, 0.1) is 24.7 Å². The van der Waals surface area contributed by atoms with Gasteiger partial charge in [0.1, 0.15) is 5.66 Å². The molecule has 1 heterocycles. The van der Waals surface area contributed by atoms with Crippen molar-refractivity contribution in [3.05, 3.63) is 59.7 Å². The topological polar surface area (TPSA) is 44.4 Å². The van der Waals surface area contributed by atoms with Crippen LogP contribution in [0.25, 0.3) is 0 Å². The number of carbonyl (C=O) groups is 1. The summed E-state index contributed by atoms with van der Waals surface area (Å²) in [7, 11) is 0. The number of amides is 1. The monoisotopic (exact) mass is 329 g/mol. The fourth-order valence-corrected chi connectivity index (χ4v) is 3.13. The second-order valence-corrected chi connectivity index (χ2v) is 5.97. The molecule has 1 aliphatic heterocycles. The van der Waals surface area contributed by atoms with Gasteiger partial charge in [-0.1, -0.05) is 36.1 Å². The number of nitrogens with zero attached hydrogens (tertiary/aromatic N) is 1. The molecule has 0 saturated heterocycles. The number of hydrogen-bond donors (Lipinski definition) is 2. The third-order valence-electron chi connectivity index (χ3n) is 4.43. The van der Waals surface area contributed by atoms with Gasteiger partial charge in [-0.25, -0.2) is 0 Å². The molecular weight excluding hydrogens is 310 g/mol. The number of para-hydroxylation sites is 1. The van der Waals surface area contributed by atoms with E-state index in [1.54, 1.807) is 6.07 Å². The molecule has 0 bridgehead atoms. The number of fused-ring (bicyclic) bond motifs is 1. The molecule has 0 saturated carbocycles. The molecule has 2 N–H and O–H groups in total. The van der Waals surface area contributed by atoms with E-state index in [2.05, 4.69) is 22.5 Å². The minimum Gasteiger partial charge on any atom is -0.374 e. The SMILES string of the molecule is C#CCNc1ccc(C2(C)NC(=O)c3ccccc3N2CC#C)cc1. The lowest BCUT2D eigenvalue weighted by atomic mass is 9.93. The Balaban J connectivity index is 2.03. The van der Waals surface area contributed by atoms with Gasteiger partial charge in [-0.15, -0.1) is 12.8 Å². The van der Waals surface area contributed by atoms with Gasteiger partial charge in [0, 0.05) is 5.69 Å². The maximum atomic E-state index is 12.6. The highest BCUT2D eigenvalue weighted by molar-refractivity contribution is 6.02. The van der Waals surface area contributed by atoms with Gasteiger partial charge in [0.25, 0.3) is 5.91 Å². The number of benzene rings is 2. The predicted octanol–water partition coefficient (Wildman–Crippen LogP) is 2.79. The van der Waals surface area contributed by atoms with Crippen LogP contribution in [0.3, 0.4) is 0 Å². The van der Waals surface area contributed by atoms with Crippen molar-refractivity contribution in [3.63, 3.8) is 0 Å². The first-order valence-electron chi connectivity index (χ1n) is 8.00. The minimum atomic E-state index is -0.734. The number of anilines is 2. The smallest absolute Gasteiger partial charge is 0.255 e. The van der Waals surface area contributed by atoms with E-state index in [9.17, 15) is 4.79 Å². The Kier molecular flexibility index (Phi) is 4.37. The lowest BCUT2D eigenvalue weighted by Gasteiger charge is -2.46. The summed E-state index contributed by atoms with van der Waals surface area (Å²) in [6.45, 7) is 2.80. The van der Waals surface area contributed by atoms with Crippen LogP contribution in [0.5, 0.6) is 0 Å². The van der Waals surface area contributed by atoms with Gasteiger partial charge in [-0.2, -0.15) is 0 Å². The number of rotatable bonds is 4. The van der Waals surface area contributed by atoms with Gasteiger partial charge in [-0.05, 0) is 36.8 Å². The molecule has 0 aromatic heterocycles. The highest BCUT2D eigenvalue weighted by atomic mass is 16.2. The van der Waals surface area contributed by atoms with E-state index in [0.717, 1.165) is 16.9 Å². The van der Waals surface area contributed by atoms with E-state index in [4.69, 9.17) is 12.8 Å². The summed E-state index contributed by atoms with van der Waals surface area (Å²) < 4.78 is 0. The van der Waals surface area contributed by atoms with Gasteiger partial charge >= 0.3 is 0 Å². The molecule has 2 aromatic rings. The van der Waals surface area contributed by atoms with Crippen LogP contribution in [0.15, 0.2) is 48.5 Å². The highest BCUT2D eigenvalue weighted by Crippen LogP contribution is 2.37. The first kappa shape index (κ1) is 16.5. The molecule has 3 rings (SSSR count). The van der Waals surface area contributed by atoms with Gasteiger partial charge < -0.3 is 15.5 Å². The Morgan fingerprint density at radius 3 is 2.52 bits per heavy atom. The first-order chi connectivity index (χ1) is 12.1. The second kappa shape index (κ2) is 6.63. The van der Waals surface area contributed by atoms with Crippen molar-refractivity contribution in [2.45, 2.75) is 12.6 Å². The minimum absolute atomic E-state index is 0.110. The molecular formula is C21H19N3O. The van der Waals surface area contributed by atoms with Crippen LogP contribution in [0.2, 0.25) is 0 Å². The number of carbonyl (C=O) groups excluding carboxylic acids is 1. The summed E-state index contributed by atoms with van der Waals surface area (Å²) in [4.78, 5) is 14.6. The zero-order chi connectivity index (χ0) is 17.9. The summed E-state index contributed by atoms with van der Waals surface area (Å²) in [5, 5.41) is 6.23. The van der Waals surface area contributed by atoms with Gasteiger partial charge in [-0.3, -0.25) is 4.79 Å². The Morgan fingerprint density at radius 1 is 1.12 bits per heavy atom. The molecule has 4 nitrogen and oxygen atoms in total. The molecule has 0 radical (unpaired) electrons. The van der Waals surface area contributed by atoms with E-state index in [0.29, 0.717) is 18.7 Å². The largest absolute Gasteiger partial charge is 0.374 e. The van der Waals surface area contributed by atoms with Crippen molar-refractivity contribution in [2.75, 3.05) is 23.3 Å². The summed E-state index contributed by atoms with van der Waals surface area (Å²) in [6, 6.07) is 15.3. The van der Waals surface area contributed by atoms with Gasteiger partial charge in [0.05, 0.1) is 24.3 Å². The fourth-order valence-electron chi connectivity index (χ4n) is 3.13. The zero-order valence-electron chi connectivity index (χ0n) is 14.0. The number of terminal acetylenes is 2. The molecule has 0 spiro atoms. The quantitative estimate of drug-likeness (QED) is 0.848. The molecule has 1 aliphatic rings. The van der Waals surface area contributed by atoms with Crippen LogP contribution in [-0.2, 0) is 5.66 Å². The Labute approximate surface area is 148 Å². The van der Waals surface area contributed by atoms with E-state index in [-0.39, 0.29) is 5.91 Å². The maximum Gasteiger partial charge on any atom is 0.255 e.